The maximum absolute atomic E-state index is 2.40. The molecule has 0 bridgehead atoms. The molecule has 0 N–H and O–H groups in total. The van der Waals surface area contributed by atoms with E-state index in [4.69, 9.17) is 0 Å². The van der Waals surface area contributed by atoms with E-state index in [-0.39, 0.29) is 0 Å². The van der Waals surface area contributed by atoms with Crippen LogP contribution in [0.4, 0.5) is 34.1 Å². The van der Waals surface area contributed by atoms with E-state index in [9.17, 15) is 0 Å². The van der Waals surface area contributed by atoms with Gasteiger partial charge >= 0.3 is 0 Å². The van der Waals surface area contributed by atoms with Crippen molar-refractivity contribution in [1.82, 2.24) is 0 Å². The van der Waals surface area contributed by atoms with Crippen molar-refractivity contribution in [2.24, 2.45) is 0 Å². The molecule has 0 fully saturated rings. The second kappa shape index (κ2) is 16.1. The molecule has 11 aromatic carbocycles. The number of benzene rings is 11. The first-order valence-electron chi connectivity index (χ1n) is 21.3. The molecule has 0 atom stereocenters. The molecule has 0 aliphatic carbocycles. The lowest BCUT2D eigenvalue weighted by Crippen LogP contribution is -2.12. The Kier molecular flexibility index (Phi) is 9.57. The van der Waals surface area contributed by atoms with Gasteiger partial charge in [0.2, 0.25) is 0 Å². The van der Waals surface area contributed by atoms with Crippen LogP contribution in [0.5, 0.6) is 0 Å². The fourth-order valence-electron chi connectivity index (χ4n) is 9.11. The van der Waals surface area contributed by atoms with Crippen molar-refractivity contribution in [1.29, 1.82) is 0 Å². The molecular weight excluding hydrogens is 749 g/mol. The van der Waals surface area contributed by atoms with Crippen molar-refractivity contribution in [2.45, 2.75) is 0 Å². The summed E-state index contributed by atoms with van der Waals surface area (Å²) in [6, 6.07) is 92.0. The molecule has 0 aromatic heterocycles. The molecule has 2 heteroatoms. The predicted molar refractivity (Wildman–Crippen MR) is 265 cm³/mol. The largest absolute Gasteiger partial charge is 0.311 e. The summed E-state index contributed by atoms with van der Waals surface area (Å²) in [7, 11) is 0. The van der Waals surface area contributed by atoms with E-state index in [1.165, 1.54) is 65.7 Å². The highest BCUT2D eigenvalue weighted by molar-refractivity contribution is 6.22. The molecule has 0 unspecified atom stereocenters. The normalized spacial score (nSPS) is 11.2. The smallest absolute Gasteiger partial charge is 0.0468 e. The molecule has 11 rings (SSSR count). The van der Waals surface area contributed by atoms with Crippen LogP contribution in [0.3, 0.4) is 0 Å². The standard InChI is InChI=1S/C60H42N2/c1-5-18-45(19-6-1)59-55-27-15-16-28-56(55)60(46-20-7-2-8-21-46)58-42-48(32-40-57(58)59)44-29-33-51(34-30-44)62(54-35-31-43-17-13-14-22-47(43)41-54)53-38-36-52(37-39-53)61(49-23-9-3-10-24-49)50-25-11-4-12-26-50/h1-42H. The fourth-order valence-corrected chi connectivity index (χ4v) is 9.11. The molecule has 0 heterocycles. The molecule has 0 aliphatic heterocycles. The first kappa shape index (κ1) is 36.8. The molecule has 11 aromatic rings. The van der Waals surface area contributed by atoms with Gasteiger partial charge in [-0.25, -0.2) is 0 Å². The van der Waals surface area contributed by atoms with E-state index in [1.807, 2.05) is 0 Å². The summed E-state index contributed by atoms with van der Waals surface area (Å²) in [4.78, 5) is 4.67. The maximum atomic E-state index is 2.40. The third-order valence-corrected chi connectivity index (χ3v) is 12.0. The Balaban J connectivity index is 1.03. The molecule has 0 amide bonds. The number of rotatable bonds is 9. The minimum absolute atomic E-state index is 1.08. The van der Waals surface area contributed by atoms with Gasteiger partial charge in [0, 0.05) is 34.1 Å². The Morgan fingerprint density at radius 1 is 0.194 bits per heavy atom. The summed E-state index contributed by atoms with van der Waals surface area (Å²) < 4.78 is 0. The van der Waals surface area contributed by atoms with Gasteiger partial charge in [-0.1, -0.05) is 176 Å². The monoisotopic (exact) mass is 790 g/mol. The predicted octanol–water partition coefficient (Wildman–Crippen LogP) is 17.1. The lowest BCUT2D eigenvalue weighted by molar-refractivity contribution is 1.26. The summed E-state index contributed by atoms with van der Waals surface area (Å²) in [5.74, 6) is 0. The summed E-state index contributed by atoms with van der Waals surface area (Å²) in [6.07, 6.45) is 0. The van der Waals surface area contributed by atoms with Crippen LogP contribution in [0, 0.1) is 0 Å². The summed E-state index contributed by atoms with van der Waals surface area (Å²) in [6.45, 7) is 0. The van der Waals surface area contributed by atoms with Crippen LogP contribution >= 0.6 is 0 Å². The van der Waals surface area contributed by atoms with Gasteiger partial charge in [0.25, 0.3) is 0 Å². The summed E-state index contributed by atoms with van der Waals surface area (Å²) in [5, 5.41) is 7.43. The van der Waals surface area contributed by atoms with Crippen molar-refractivity contribution in [3.8, 4) is 33.4 Å². The first-order chi connectivity index (χ1) is 30.8. The Morgan fingerprint density at radius 2 is 0.565 bits per heavy atom. The van der Waals surface area contributed by atoms with E-state index in [0.717, 1.165) is 34.1 Å². The fraction of sp³-hybridized carbons (Fsp3) is 0. The lowest BCUT2D eigenvalue weighted by Gasteiger charge is -2.28. The van der Waals surface area contributed by atoms with Gasteiger partial charge < -0.3 is 9.80 Å². The van der Waals surface area contributed by atoms with Crippen molar-refractivity contribution >= 4 is 66.4 Å². The van der Waals surface area contributed by atoms with Crippen LogP contribution in [-0.4, -0.2) is 0 Å². The number of hydrogen-bond donors (Lipinski definition) is 0. The first-order valence-corrected chi connectivity index (χ1v) is 21.3. The van der Waals surface area contributed by atoms with Crippen molar-refractivity contribution in [3.63, 3.8) is 0 Å². The van der Waals surface area contributed by atoms with Crippen LogP contribution in [0.25, 0.3) is 65.7 Å². The van der Waals surface area contributed by atoms with Gasteiger partial charge in [-0.15, -0.1) is 0 Å². The van der Waals surface area contributed by atoms with E-state index in [2.05, 4.69) is 265 Å². The quantitative estimate of drug-likeness (QED) is 0.134. The Labute approximate surface area is 362 Å². The van der Waals surface area contributed by atoms with E-state index in [0.29, 0.717) is 0 Å². The SMILES string of the molecule is c1ccc(-c2c3ccccc3c(-c3ccccc3)c3cc(-c4ccc(N(c5ccc(N(c6ccccc6)c6ccccc6)cc5)c5ccc6ccccc6c5)cc4)ccc23)cc1. The molecule has 292 valence electrons. The molecular formula is C60H42N2. The Morgan fingerprint density at radius 3 is 1.11 bits per heavy atom. The van der Waals surface area contributed by atoms with E-state index < -0.39 is 0 Å². The Bertz CT molecular complexity index is 3270. The van der Waals surface area contributed by atoms with Crippen LogP contribution in [0.1, 0.15) is 0 Å². The molecule has 62 heavy (non-hydrogen) atoms. The van der Waals surface area contributed by atoms with Crippen molar-refractivity contribution in [2.75, 3.05) is 9.80 Å². The number of nitrogens with zero attached hydrogens (tertiary/aromatic N) is 2. The number of hydrogen-bond acceptors (Lipinski definition) is 2. The summed E-state index contributed by atoms with van der Waals surface area (Å²) >= 11 is 0. The molecule has 0 saturated heterocycles. The maximum Gasteiger partial charge on any atom is 0.0468 e. The molecule has 0 spiro atoms. The minimum atomic E-state index is 1.08. The zero-order valence-electron chi connectivity index (χ0n) is 34.1. The van der Waals surface area contributed by atoms with Gasteiger partial charge in [-0.3, -0.25) is 0 Å². The number of para-hydroxylation sites is 2. The van der Waals surface area contributed by atoms with Crippen LogP contribution in [0.2, 0.25) is 0 Å². The van der Waals surface area contributed by atoms with Crippen LogP contribution in [-0.2, 0) is 0 Å². The average molecular weight is 791 g/mol. The molecule has 0 saturated carbocycles. The van der Waals surface area contributed by atoms with Crippen molar-refractivity contribution in [3.05, 3.63) is 255 Å². The van der Waals surface area contributed by atoms with Crippen molar-refractivity contribution < 1.29 is 0 Å². The van der Waals surface area contributed by atoms with E-state index in [1.54, 1.807) is 0 Å². The third kappa shape index (κ3) is 6.84. The Hall–Kier alpha value is -8.20. The van der Waals surface area contributed by atoms with Gasteiger partial charge in [-0.05, 0) is 145 Å². The highest BCUT2D eigenvalue weighted by atomic mass is 15.2. The number of fused-ring (bicyclic) bond motifs is 3. The highest BCUT2D eigenvalue weighted by Crippen LogP contribution is 2.46. The topological polar surface area (TPSA) is 6.48 Å². The number of anilines is 6. The minimum Gasteiger partial charge on any atom is -0.311 e. The van der Waals surface area contributed by atoms with Gasteiger partial charge in [-0.2, -0.15) is 0 Å². The second-order valence-electron chi connectivity index (χ2n) is 15.7. The van der Waals surface area contributed by atoms with E-state index >= 15 is 0 Å². The van der Waals surface area contributed by atoms with Crippen LogP contribution < -0.4 is 9.80 Å². The summed E-state index contributed by atoms with van der Waals surface area (Å²) in [5.41, 5.74) is 13.9. The van der Waals surface area contributed by atoms with Crippen LogP contribution in [0.15, 0.2) is 255 Å². The average Bonchev–Trinajstić information content (AvgIpc) is 3.35. The zero-order valence-corrected chi connectivity index (χ0v) is 34.1. The van der Waals surface area contributed by atoms with Gasteiger partial charge in [0.05, 0.1) is 0 Å². The molecule has 0 aliphatic rings. The molecule has 0 radical (unpaired) electrons. The molecule has 2 nitrogen and oxygen atoms in total. The third-order valence-electron chi connectivity index (χ3n) is 12.0. The lowest BCUT2D eigenvalue weighted by atomic mass is 9.85. The van der Waals surface area contributed by atoms with Gasteiger partial charge in [0.1, 0.15) is 0 Å². The van der Waals surface area contributed by atoms with Gasteiger partial charge in [0.15, 0.2) is 0 Å². The second-order valence-corrected chi connectivity index (χ2v) is 15.7. The zero-order chi connectivity index (χ0) is 41.2. The highest BCUT2D eigenvalue weighted by Gasteiger charge is 2.19.